The highest BCUT2D eigenvalue weighted by Crippen LogP contribution is 2.27. The van der Waals surface area contributed by atoms with Gasteiger partial charge in [0.2, 0.25) is 0 Å². The molecule has 1 aromatic rings. The van der Waals surface area contributed by atoms with Crippen molar-refractivity contribution in [3.63, 3.8) is 0 Å². The van der Waals surface area contributed by atoms with Crippen molar-refractivity contribution >= 4 is 11.3 Å². The normalized spacial score (nSPS) is 12.6. The fraction of sp³-hybridized carbons (Fsp3) is 0.846. The van der Waals surface area contributed by atoms with Gasteiger partial charge in [0, 0.05) is 0 Å². The Morgan fingerprint density at radius 2 is 1.07 bits per heavy atom. The van der Waals surface area contributed by atoms with Crippen LogP contribution >= 0.6 is 11.3 Å². The van der Waals surface area contributed by atoms with Crippen LogP contribution in [0.5, 0.6) is 0 Å². The van der Waals surface area contributed by atoms with Crippen LogP contribution in [0, 0.1) is 0 Å². The van der Waals surface area contributed by atoms with Crippen molar-refractivity contribution < 1.29 is 0 Å². The van der Waals surface area contributed by atoms with Gasteiger partial charge in [0.1, 0.15) is 0 Å². The summed E-state index contributed by atoms with van der Waals surface area (Å²) in [5.41, 5.74) is 3.27. The topological polar surface area (TPSA) is 0 Å². The van der Waals surface area contributed by atoms with Crippen LogP contribution in [0.25, 0.3) is 0 Å². The zero-order chi connectivity index (χ0) is 19.6. The van der Waals surface area contributed by atoms with E-state index in [1.54, 1.807) is 11.1 Å². The molecule has 0 spiro atoms. The van der Waals surface area contributed by atoms with E-state index in [4.69, 9.17) is 0 Å². The molecule has 1 heterocycles. The van der Waals surface area contributed by atoms with Crippen LogP contribution in [0.3, 0.4) is 0 Å². The molecular weight excluding hydrogens is 344 g/mol. The molecule has 0 aliphatic rings. The molecule has 1 aromatic heterocycles. The molecule has 1 unspecified atom stereocenters. The molecule has 0 nitrogen and oxygen atoms in total. The molecule has 1 rings (SSSR count). The van der Waals surface area contributed by atoms with Crippen molar-refractivity contribution in [1.82, 2.24) is 0 Å². The Morgan fingerprint density at radius 3 is 1.52 bits per heavy atom. The van der Waals surface area contributed by atoms with Gasteiger partial charge in [-0.3, -0.25) is 0 Å². The van der Waals surface area contributed by atoms with Crippen LogP contribution in [0.2, 0.25) is 0 Å². The predicted molar refractivity (Wildman–Crippen MR) is 126 cm³/mol. The van der Waals surface area contributed by atoms with Crippen LogP contribution < -0.4 is 0 Å². The molecule has 158 valence electrons. The summed E-state index contributed by atoms with van der Waals surface area (Å²) in [6.07, 6.45) is 25.8. The van der Waals surface area contributed by atoms with E-state index >= 15 is 0 Å². The van der Waals surface area contributed by atoms with Crippen molar-refractivity contribution in [2.75, 3.05) is 0 Å². The lowest BCUT2D eigenvalue weighted by Gasteiger charge is -2.10. The second-order valence-corrected chi connectivity index (χ2v) is 9.46. The van der Waals surface area contributed by atoms with Gasteiger partial charge in [0.05, 0.1) is 0 Å². The van der Waals surface area contributed by atoms with Gasteiger partial charge in [-0.1, -0.05) is 117 Å². The SMILES string of the molecule is CCCCCCCCCCCCCCCCCCc1cscc1C(C)CC. The van der Waals surface area contributed by atoms with Gasteiger partial charge in [-0.15, -0.1) is 0 Å². The van der Waals surface area contributed by atoms with Crippen LogP contribution in [0.15, 0.2) is 10.8 Å². The van der Waals surface area contributed by atoms with Crippen molar-refractivity contribution in [3.8, 4) is 0 Å². The average molecular weight is 393 g/mol. The first-order valence-electron chi connectivity index (χ1n) is 12.3. The van der Waals surface area contributed by atoms with Crippen LogP contribution in [-0.4, -0.2) is 0 Å². The standard InChI is InChI=1S/C26H48S/c1-4-6-7-8-9-10-11-12-13-14-15-16-17-18-19-20-21-25-22-27-23-26(25)24(3)5-2/h22-24H,4-21H2,1-3H3. The fourth-order valence-corrected chi connectivity index (χ4v) is 5.07. The molecule has 0 radical (unpaired) electrons. The molecule has 0 saturated heterocycles. The third kappa shape index (κ3) is 12.7. The second-order valence-electron chi connectivity index (χ2n) is 8.71. The summed E-state index contributed by atoms with van der Waals surface area (Å²) in [5, 5.41) is 4.78. The van der Waals surface area contributed by atoms with Gasteiger partial charge < -0.3 is 0 Å². The van der Waals surface area contributed by atoms with E-state index in [-0.39, 0.29) is 0 Å². The largest absolute Gasteiger partial charge is 0.152 e. The Labute approximate surface area is 175 Å². The summed E-state index contributed by atoms with van der Waals surface area (Å²) >= 11 is 1.90. The maximum atomic E-state index is 2.40. The number of hydrogen-bond donors (Lipinski definition) is 0. The van der Waals surface area contributed by atoms with Crippen molar-refractivity contribution in [3.05, 3.63) is 21.9 Å². The molecule has 0 saturated carbocycles. The van der Waals surface area contributed by atoms with Gasteiger partial charge in [-0.05, 0) is 47.1 Å². The van der Waals surface area contributed by atoms with Crippen molar-refractivity contribution in [1.29, 1.82) is 0 Å². The molecule has 27 heavy (non-hydrogen) atoms. The average Bonchev–Trinajstić information content (AvgIpc) is 3.15. The minimum Gasteiger partial charge on any atom is -0.152 e. The molecule has 0 aromatic carbocycles. The fourth-order valence-electron chi connectivity index (χ4n) is 4.05. The second kappa shape index (κ2) is 17.8. The smallest absolute Gasteiger partial charge is 0.00557 e. The summed E-state index contributed by atoms with van der Waals surface area (Å²) in [6, 6.07) is 0. The lowest BCUT2D eigenvalue weighted by atomic mass is 9.95. The summed E-state index contributed by atoms with van der Waals surface area (Å²) in [7, 11) is 0. The number of thiophene rings is 1. The number of rotatable bonds is 19. The lowest BCUT2D eigenvalue weighted by Crippen LogP contribution is -1.95. The van der Waals surface area contributed by atoms with E-state index in [1.807, 2.05) is 11.3 Å². The zero-order valence-electron chi connectivity index (χ0n) is 18.9. The Kier molecular flexibility index (Phi) is 16.3. The van der Waals surface area contributed by atoms with Crippen molar-refractivity contribution in [2.45, 2.75) is 142 Å². The van der Waals surface area contributed by atoms with E-state index in [2.05, 4.69) is 31.5 Å². The monoisotopic (exact) mass is 392 g/mol. The molecule has 0 aliphatic carbocycles. The maximum absolute atomic E-state index is 2.40. The highest BCUT2D eigenvalue weighted by atomic mass is 32.1. The van der Waals surface area contributed by atoms with Gasteiger partial charge in [0.15, 0.2) is 0 Å². The molecule has 0 fully saturated rings. The molecule has 1 atom stereocenters. The first kappa shape index (κ1) is 24.7. The quantitative estimate of drug-likeness (QED) is 0.205. The number of hydrogen-bond acceptors (Lipinski definition) is 1. The highest BCUT2D eigenvalue weighted by molar-refractivity contribution is 7.08. The summed E-state index contributed by atoms with van der Waals surface area (Å²) in [6.45, 7) is 6.98. The van der Waals surface area contributed by atoms with Gasteiger partial charge >= 0.3 is 0 Å². The third-order valence-electron chi connectivity index (χ3n) is 6.22. The molecule has 0 aliphatic heterocycles. The lowest BCUT2D eigenvalue weighted by molar-refractivity contribution is 0.529. The van der Waals surface area contributed by atoms with E-state index in [0.29, 0.717) is 0 Å². The van der Waals surface area contributed by atoms with E-state index in [0.717, 1.165) is 5.92 Å². The van der Waals surface area contributed by atoms with E-state index in [9.17, 15) is 0 Å². The van der Waals surface area contributed by atoms with Crippen LogP contribution in [0.1, 0.15) is 147 Å². The first-order valence-corrected chi connectivity index (χ1v) is 13.3. The zero-order valence-corrected chi connectivity index (χ0v) is 19.7. The molecule has 0 N–H and O–H groups in total. The Morgan fingerprint density at radius 1 is 0.630 bits per heavy atom. The molecular formula is C26H48S. The number of aryl methyl sites for hydroxylation is 1. The van der Waals surface area contributed by atoms with E-state index < -0.39 is 0 Å². The van der Waals surface area contributed by atoms with Crippen LogP contribution in [-0.2, 0) is 6.42 Å². The molecule has 0 bridgehead atoms. The summed E-state index contributed by atoms with van der Waals surface area (Å²) in [5.74, 6) is 0.743. The Hall–Kier alpha value is -0.300. The minimum absolute atomic E-state index is 0.743. The van der Waals surface area contributed by atoms with Gasteiger partial charge in [0.25, 0.3) is 0 Å². The summed E-state index contributed by atoms with van der Waals surface area (Å²) in [4.78, 5) is 0. The highest BCUT2D eigenvalue weighted by Gasteiger charge is 2.09. The van der Waals surface area contributed by atoms with Crippen molar-refractivity contribution in [2.24, 2.45) is 0 Å². The predicted octanol–water partition coefficient (Wildman–Crippen LogP) is 10.1. The summed E-state index contributed by atoms with van der Waals surface area (Å²) < 4.78 is 0. The first-order chi connectivity index (χ1) is 13.3. The Balaban J connectivity index is 1.83. The van der Waals surface area contributed by atoms with Crippen LogP contribution in [0.4, 0.5) is 0 Å². The molecule has 1 heteroatoms. The minimum atomic E-state index is 0.743. The number of unbranched alkanes of at least 4 members (excludes halogenated alkanes) is 15. The Bertz CT molecular complexity index is 420. The molecule has 0 amide bonds. The van der Waals surface area contributed by atoms with Gasteiger partial charge in [-0.25, -0.2) is 0 Å². The van der Waals surface area contributed by atoms with Gasteiger partial charge in [-0.2, -0.15) is 11.3 Å². The maximum Gasteiger partial charge on any atom is -0.00557 e. The third-order valence-corrected chi connectivity index (χ3v) is 7.03. The van der Waals surface area contributed by atoms with E-state index in [1.165, 1.54) is 116 Å².